The van der Waals surface area contributed by atoms with Crippen LogP contribution in [0.4, 0.5) is 0 Å². The van der Waals surface area contributed by atoms with Crippen molar-refractivity contribution >= 4 is 11.0 Å². The van der Waals surface area contributed by atoms with E-state index in [1.807, 2.05) is 20.8 Å². The van der Waals surface area contributed by atoms with E-state index in [0.717, 1.165) is 11.8 Å². The predicted molar refractivity (Wildman–Crippen MR) is 57.8 cm³/mol. The van der Waals surface area contributed by atoms with Crippen LogP contribution in [0, 0.1) is 11.8 Å². The van der Waals surface area contributed by atoms with Gasteiger partial charge in [0, 0.05) is 6.04 Å². The fourth-order valence-electron chi connectivity index (χ4n) is 1.48. The molecule has 3 heteroatoms. The zero-order valence-corrected chi connectivity index (χ0v) is 10.1. The van der Waals surface area contributed by atoms with Crippen LogP contribution in [0.1, 0.15) is 41.0 Å². The Bertz CT molecular complexity index is 209. The molecule has 1 saturated carbocycles. The zero-order valence-electron chi connectivity index (χ0n) is 9.26. The van der Waals surface area contributed by atoms with Crippen molar-refractivity contribution in [2.45, 2.75) is 51.8 Å². The maximum absolute atomic E-state index is 11.7. The summed E-state index contributed by atoms with van der Waals surface area (Å²) in [5, 5.41) is 0. The second kappa shape index (κ2) is 3.70. The third kappa shape index (κ3) is 3.06. The number of hydrogen-bond donors (Lipinski definition) is 1. The monoisotopic (exact) mass is 203 g/mol. The van der Waals surface area contributed by atoms with Gasteiger partial charge in [0.15, 0.2) is 0 Å². The van der Waals surface area contributed by atoms with Crippen LogP contribution in [-0.2, 0) is 11.0 Å². The molecule has 0 aliphatic heterocycles. The fraction of sp³-hybridized carbons (Fsp3) is 1.00. The summed E-state index contributed by atoms with van der Waals surface area (Å²) in [4.78, 5) is 0. The molecule has 1 aliphatic carbocycles. The van der Waals surface area contributed by atoms with E-state index in [2.05, 4.69) is 18.6 Å². The van der Waals surface area contributed by atoms with Gasteiger partial charge < -0.3 is 0 Å². The first-order valence-electron chi connectivity index (χ1n) is 5.00. The van der Waals surface area contributed by atoms with E-state index in [0.29, 0.717) is 6.04 Å². The van der Waals surface area contributed by atoms with Gasteiger partial charge in [0.2, 0.25) is 0 Å². The topological polar surface area (TPSA) is 29.1 Å². The molecule has 1 N–H and O–H groups in total. The van der Waals surface area contributed by atoms with Crippen molar-refractivity contribution in [1.82, 2.24) is 4.72 Å². The Kier molecular flexibility index (Phi) is 3.18. The second-order valence-corrected chi connectivity index (χ2v) is 7.16. The van der Waals surface area contributed by atoms with Gasteiger partial charge in [-0.05, 0) is 46.0 Å². The molecule has 0 aromatic carbocycles. The van der Waals surface area contributed by atoms with Crippen molar-refractivity contribution in [3.63, 3.8) is 0 Å². The summed E-state index contributed by atoms with van der Waals surface area (Å²) >= 11 is 0. The van der Waals surface area contributed by atoms with Gasteiger partial charge in [-0.25, -0.2) is 8.93 Å². The van der Waals surface area contributed by atoms with E-state index < -0.39 is 11.0 Å². The van der Waals surface area contributed by atoms with Gasteiger partial charge in [-0.2, -0.15) is 0 Å². The van der Waals surface area contributed by atoms with Crippen LogP contribution < -0.4 is 4.72 Å². The standard InChI is InChI=1S/C10H21NOS/c1-7-6-9(7)8(2)11-13(12)10(3,4)5/h7-9,11H,6H2,1-5H3/t7-,8?,9-,13?/m0/s1. The summed E-state index contributed by atoms with van der Waals surface area (Å²) in [6, 6.07) is 0.398. The Hall–Kier alpha value is 0.110. The highest BCUT2D eigenvalue weighted by Gasteiger charge is 2.38. The van der Waals surface area contributed by atoms with Crippen LogP contribution in [-0.4, -0.2) is 15.0 Å². The van der Waals surface area contributed by atoms with Crippen molar-refractivity contribution in [1.29, 1.82) is 0 Å². The van der Waals surface area contributed by atoms with Gasteiger partial charge in [-0.3, -0.25) is 0 Å². The van der Waals surface area contributed by atoms with Crippen molar-refractivity contribution in [2.24, 2.45) is 11.8 Å². The first kappa shape index (κ1) is 11.2. The first-order chi connectivity index (χ1) is 5.82. The molecule has 0 spiro atoms. The van der Waals surface area contributed by atoms with E-state index in [4.69, 9.17) is 0 Å². The smallest absolute Gasteiger partial charge is 0.0972 e. The number of rotatable bonds is 3. The van der Waals surface area contributed by atoms with Crippen molar-refractivity contribution in [2.75, 3.05) is 0 Å². The molecule has 13 heavy (non-hydrogen) atoms. The molecule has 4 atom stereocenters. The Morgan fingerprint density at radius 2 is 1.92 bits per heavy atom. The molecule has 1 rings (SSSR count). The van der Waals surface area contributed by atoms with Gasteiger partial charge in [-0.15, -0.1) is 0 Å². The van der Waals surface area contributed by atoms with Crippen LogP contribution in [0.2, 0.25) is 0 Å². The fourth-order valence-corrected chi connectivity index (χ4v) is 2.35. The van der Waals surface area contributed by atoms with Crippen molar-refractivity contribution in [3.8, 4) is 0 Å². The van der Waals surface area contributed by atoms with Gasteiger partial charge in [0.1, 0.15) is 0 Å². The quantitative estimate of drug-likeness (QED) is 0.747. The van der Waals surface area contributed by atoms with Crippen LogP contribution in [0.5, 0.6) is 0 Å². The van der Waals surface area contributed by atoms with Gasteiger partial charge in [0.05, 0.1) is 15.7 Å². The third-order valence-electron chi connectivity index (χ3n) is 2.66. The lowest BCUT2D eigenvalue weighted by Crippen LogP contribution is -2.39. The van der Waals surface area contributed by atoms with Crippen molar-refractivity contribution < 1.29 is 4.21 Å². The van der Waals surface area contributed by atoms with E-state index in [9.17, 15) is 4.21 Å². The van der Waals surface area contributed by atoms with Crippen LogP contribution >= 0.6 is 0 Å². The van der Waals surface area contributed by atoms with E-state index in [1.165, 1.54) is 6.42 Å². The minimum absolute atomic E-state index is 0.146. The summed E-state index contributed by atoms with van der Waals surface area (Å²) in [6.07, 6.45) is 1.29. The molecule has 0 amide bonds. The molecule has 0 radical (unpaired) electrons. The average molecular weight is 203 g/mol. The third-order valence-corrected chi connectivity index (χ3v) is 4.36. The average Bonchev–Trinajstić information content (AvgIpc) is 2.64. The van der Waals surface area contributed by atoms with E-state index in [-0.39, 0.29) is 4.75 Å². The highest BCUT2D eigenvalue weighted by Crippen LogP contribution is 2.40. The van der Waals surface area contributed by atoms with Gasteiger partial charge in [-0.1, -0.05) is 6.92 Å². The largest absolute Gasteiger partial charge is 0.242 e. The van der Waals surface area contributed by atoms with E-state index >= 15 is 0 Å². The predicted octanol–water partition coefficient (Wildman–Crippen LogP) is 2.08. The maximum atomic E-state index is 11.7. The number of nitrogens with one attached hydrogen (secondary N) is 1. The Morgan fingerprint density at radius 3 is 2.23 bits per heavy atom. The molecule has 1 aliphatic rings. The zero-order chi connectivity index (χ0) is 10.2. The van der Waals surface area contributed by atoms with Crippen molar-refractivity contribution in [3.05, 3.63) is 0 Å². The molecule has 2 nitrogen and oxygen atoms in total. The summed E-state index contributed by atoms with van der Waals surface area (Å²) in [5.74, 6) is 1.56. The molecule has 2 unspecified atom stereocenters. The maximum Gasteiger partial charge on any atom is 0.0972 e. The lowest BCUT2D eigenvalue weighted by atomic mass is 10.2. The lowest BCUT2D eigenvalue weighted by Gasteiger charge is -2.21. The summed E-state index contributed by atoms with van der Waals surface area (Å²) in [7, 11) is -0.913. The number of hydrogen-bond acceptors (Lipinski definition) is 1. The molecule has 0 bridgehead atoms. The molecule has 0 saturated heterocycles. The molecular formula is C10H21NOS. The summed E-state index contributed by atoms with van der Waals surface area (Å²) in [5.41, 5.74) is 0. The minimum Gasteiger partial charge on any atom is -0.242 e. The molecule has 0 aromatic rings. The van der Waals surface area contributed by atoms with E-state index in [1.54, 1.807) is 0 Å². The van der Waals surface area contributed by atoms with Gasteiger partial charge in [0.25, 0.3) is 0 Å². The lowest BCUT2D eigenvalue weighted by molar-refractivity contribution is 0.547. The molecule has 1 fully saturated rings. The normalized spacial score (nSPS) is 32.7. The highest BCUT2D eigenvalue weighted by molar-refractivity contribution is 7.84. The molecular weight excluding hydrogens is 182 g/mol. The van der Waals surface area contributed by atoms with Crippen LogP contribution in [0.15, 0.2) is 0 Å². The highest BCUT2D eigenvalue weighted by atomic mass is 32.2. The van der Waals surface area contributed by atoms with Crippen LogP contribution in [0.3, 0.4) is 0 Å². The second-order valence-electron chi connectivity index (χ2n) is 5.16. The Balaban J connectivity index is 2.36. The van der Waals surface area contributed by atoms with Crippen LogP contribution in [0.25, 0.3) is 0 Å². The van der Waals surface area contributed by atoms with Gasteiger partial charge >= 0.3 is 0 Å². The summed E-state index contributed by atoms with van der Waals surface area (Å²) in [6.45, 7) is 10.4. The summed E-state index contributed by atoms with van der Waals surface area (Å²) < 4.78 is 14.8. The molecule has 0 heterocycles. The Labute approximate surface area is 84.1 Å². The molecule has 0 aromatic heterocycles. The molecule has 78 valence electrons. The Morgan fingerprint density at radius 1 is 1.46 bits per heavy atom. The SMILES string of the molecule is CC(NS(=O)C(C)(C)C)[C@H]1C[C@@H]1C. The first-order valence-corrected chi connectivity index (χ1v) is 6.15. The minimum atomic E-state index is -0.913.